The van der Waals surface area contributed by atoms with Crippen molar-refractivity contribution in [1.82, 2.24) is 15.5 Å². The number of carbonyl (C=O) groups excluding carboxylic acids is 1. The highest BCUT2D eigenvalue weighted by Crippen LogP contribution is 2.27. The average Bonchev–Trinajstić information content (AvgIpc) is 3.03. The predicted octanol–water partition coefficient (Wildman–Crippen LogP) is 2.06. The van der Waals surface area contributed by atoms with Gasteiger partial charge in [-0.2, -0.15) is 0 Å². The lowest BCUT2D eigenvalue weighted by atomic mass is 9.82. The van der Waals surface area contributed by atoms with Gasteiger partial charge in [0.2, 0.25) is 18.2 Å². The van der Waals surface area contributed by atoms with Gasteiger partial charge in [-0.15, -0.1) is 10.2 Å². The molecule has 2 N–H and O–H groups in total. The van der Waals surface area contributed by atoms with Gasteiger partial charge in [0.25, 0.3) is 0 Å². The monoisotopic (exact) mass is 286 g/mol. The Hall–Kier alpha value is -2.21. The first-order valence-electron chi connectivity index (χ1n) is 7.06. The minimum Gasteiger partial charge on any atom is -0.423 e. The fraction of sp³-hybridized carbons (Fsp3) is 0.400. The fourth-order valence-corrected chi connectivity index (χ4v) is 2.53. The molecule has 110 valence electrons. The highest BCUT2D eigenvalue weighted by atomic mass is 16.4. The molecule has 1 atom stereocenters. The van der Waals surface area contributed by atoms with E-state index in [1.807, 2.05) is 31.2 Å². The average molecular weight is 286 g/mol. The molecule has 1 aromatic carbocycles. The van der Waals surface area contributed by atoms with Crippen molar-refractivity contribution in [3.63, 3.8) is 0 Å². The smallest absolute Gasteiger partial charge is 0.247 e. The second-order valence-electron chi connectivity index (χ2n) is 5.62. The lowest BCUT2D eigenvalue weighted by molar-refractivity contribution is -0.125. The van der Waals surface area contributed by atoms with E-state index in [2.05, 4.69) is 20.8 Å². The molecule has 0 bridgehead atoms. The van der Waals surface area contributed by atoms with Crippen LogP contribution < -0.4 is 10.6 Å². The summed E-state index contributed by atoms with van der Waals surface area (Å²) in [6.45, 7) is 3.71. The van der Waals surface area contributed by atoms with E-state index in [1.54, 1.807) is 0 Å². The Balaban J connectivity index is 1.69. The van der Waals surface area contributed by atoms with Crippen LogP contribution in [0.1, 0.15) is 19.8 Å². The third-order valence-corrected chi connectivity index (χ3v) is 3.90. The number of aromatic nitrogens is 2. The summed E-state index contributed by atoms with van der Waals surface area (Å²) in [7, 11) is 0. The molecule has 21 heavy (non-hydrogen) atoms. The van der Waals surface area contributed by atoms with E-state index in [4.69, 9.17) is 4.42 Å². The van der Waals surface area contributed by atoms with Crippen LogP contribution >= 0.6 is 0 Å². The van der Waals surface area contributed by atoms with Crippen LogP contribution in [0.15, 0.2) is 35.1 Å². The zero-order valence-corrected chi connectivity index (χ0v) is 11.9. The minimum absolute atomic E-state index is 0.0558. The summed E-state index contributed by atoms with van der Waals surface area (Å²) in [5, 5.41) is 13.8. The minimum atomic E-state index is -0.344. The van der Waals surface area contributed by atoms with Gasteiger partial charge < -0.3 is 15.1 Å². The molecule has 1 saturated heterocycles. The number of hydrogen-bond donors (Lipinski definition) is 2. The van der Waals surface area contributed by atoms with Gasteiger partial charge in [-0.05, 0) is 50.6 Å². The van der Waals surface area contributed by atoms with Crippen molar-refractivity contribution < 1.29 is 9.21 Å². The van der Waals surface area contributed by atoms with Crippen molar-refractivity contribution in [2.75, 3.05) is 18.4 Å². The Morgan fingerprint density at radius 2 is 2.19 bits per heavy atom. The van der Waals surface area contributed by atoms with Crippen LogP contribution in [0.25, 0.3) is 11.5 Å². The molecule has 6 nitrogen and oxygen atoms in total. The van der Waals surface area contributed by atoms with Gasteiger partial charge in [0.1, 0.15) is 0 Å². The van der Waals surface area contributed by atoms with Crippen LogP contribution in [0, 0.1) is 5.41 Å². The predicted molar refractivity (Wildman–Crippen MR) is 78.6 cm³/mol. The Kier molecular flexibility index (Phi) is 3.70. The van der Waals surface area contributed by atoms with Gasteiger partial charge in [-0.1, -0.05) is 0 Å². The maximum atomic E-state index is 12.4. The van der Waals surface area contributed by atoms with Gasteiger partial charge in [0.05, 0.1) is 5.41 Å². The van der Waals surface area contributed by atoms with Gasteiger partial charge in [0.15, 0.2) is 0 Å². The summed E-state index contributed by atoms with van der Waals surface area (Å²) in [5.41, 5.74) is 1.26. The molecule has 2 heterocycles. The third-order valence-electron chi connectivity index (χ3n) is 3.90. The molecule has 0 radical (unpaired) electrons. The molecule has 1 aliphatic heterocycles. The second kappa shape index (κ2) is 5.65. The Bertz CT molecular complexity index is 601. The summed E-state index contributed by atoms with van der Waals surface area (Å²) < 4.78 is 5.13. The van der Waals surface area contributed by atoms with Crippen molar-refractivity contribution in [2.24, 2.45) is 5.41 Å². The quantitative estimate of drug-likeness (QED) is 0.902. The summed E-state index contributed by atoms with van der Waals surface area (Å²) in [5.74, 6) is 0.525. The zero-order chi connectivity index (χ0) is 14.7. The first-order chi connectivity index (χ1) is 10.2. The number of carbonyl (C=O) groups is 1. The largest absolute Gasteiger partial charge is 0.423 e. The van der Waals surface area contributed by atoms with Gasteiger partial charge >= 0.3 is 0 Å². The normalized spacial score (nSPS) is 22.0. The second-order valence-corrected chi connectivity index (χ2v) is 5.62. The number of nitrogens with zero attached hydrogens (tertiary/aromatic N) is 2. The van der Waals surface area contributed by atoms with Crippen molar-refractivity contribution >= 4 is 11.6 Å². The Labute approximate surface area is 123 Å². The molecule has 1 aliphatic rings. The maximum Gasteiger partial charge on any atom is 0.247 e. The zero-order valence-electron chi connectivity index (χ0n) is 11.9. The van der Waals surface area contributed by atoms with Crippen LogP contribution in [-0.2, 0) is 4.79 Å². The first kappa shape index (κ1) is 13.8. The molecule has 1 fully saturated rings. The van der Waals surface area contributed by atoms with E-state index in [1.165, 1.54) is 6.39 Å². The molecule has 2 aromatic rings. The van der Waals surface area contributed by atoms with Crippen LogP contribution in [0.5, 0.6) is 0 Å². The van der Waals surface area contributed by atoms with Gasteiger partial charge in [-0.3, -0.25) is 4.79 Å². The molecule has 3 rings (SSSR count). The van der Waals surface area contributed by atoms with E-state index < -0.39 is 0 Å². The van der Waals surface area contributed by atoms with E-state index in [9.17, 15) is 4.79 Å². The molecule has 0 spiro atoms. The maximum absolute atomic E-state index is 12.4. The van der Waals surface area contributed by atoms with E-state index in [-0.39, 0.29) is 11.3 Å². The van der Waals surface area contributed by atoms with Crippen molar-refractivity contribution in [3.05, 3.63) is 30.7 Å². The molecule has 1 unspecified atom stereocenters. The summed E-state index contributed by atoms with van der Waals surface area (Å²) in [6, 6.07) is 7.39. The number of benzene rings is 1. The van der Waals surface area contributed by atoms with Crippen LogP contribution in [-0.4, -0.2) is 29.2 Å². The van der Waals surface area contributed by atoms with Crippen LogP contribution in [0.4, 0.5) is 5.69 Å². The number of anilines is 1. The number of rotatable bonds is 3. The Morgan fingerprint density at radius 1 is 1.38 bits per heavy atom. The lowest BCUT2D eigenvalue weighted by Crippen LogP contribution is -2.46. The Morgan fingerprint density at radius 3 is 2.81 bits per heavy atom. The molecule has 0 aliphatic carbocycles. The first-order valence-corrected chi connectivity index (χ1v) is 7.06. The van der Waals surface area contributed by atoms with E-state index >= 15 is 0 Å². The van der Waals surface area contributed by atoms with Crippen LogP contribution in [0.3, 0.4) is 0 Å². The summed E-state index contributed by atoms with van der Waals surface area (Å²) in [4.78, 5) is 12.4. The highest BCUT2D eigenvalue weighted by Gasteiger charge is 2.34. The number of hydrogen-bond acceptors (Lipinski definition) is 5. The standard InChI is InChI=1S/C15H18N4O2/c1-15(7-2-8-16-9-15)14(20)18-12-5-3-11(4-6-12)13-19-17-10-21-13/h3-6,10,16H,2,7-9H2,1H3,(H,18,20). The molecule has 1 aromatic heterocycles. The lowest BCUT2D eigenvalue weighted by Gasteiger charge is -2.32. The van der Waals surface area contributed by atoms with E-state index in [0.29, 0.717) is 5.89 Å². The van der Waals surface area contributed by atoms with E-state index in [0.717, 1.165) is 37.2 Å². The number of amides is 1. The van der Waals surface area contributed by atoms with Crippen molar-refractivity contribution in [1.29, 1.82) is 0 Å². The molecule has 1 amide bonds. The number of nitrogens with one attached hydrogen (secondary N) is 2. The highest BCUT2D eigenvalue weighted by molar-refractivity contribution is 5.95. The van der Waals surface area contributed by atoms with Crippen LogP contribution in [0.2, 0.25) is 0 Å². The van der Waals surface area contributed by atoms with Crippen molar-refractivity contribution in [2.45, 2.75) is 19.8 Å². The summed E-state index contributed by atoms with van der Waals surface area (Å²) >= 11 is 0. The molecule has 6 heteroatoms. The molecule has 0 saturated carbocycles. The van der Waals surface area contributed by atoms with Crippen molar-refractivity contribution in [3.8, 4) is 11.5 Å². The van der Waals surface area contributed by atoms with Gasteiger partial charge in [-0.25, -0.2) is 0 Å². The molecular formula is C15H18N4O2. The topological polar surface area (TPSA) is 80.1 Å². The molecular weight excluding hydrogens is 268 g/mol. The number of piperidine rings is 1. The van der Waals surface area contributed by atoms with Gasteiger partial charge in [0, 0.05) is 17.8 Å². The SMILES string of the molecule is CC1(C(=O)Nc2ccc(-c3nnco3)cc2)CCCNC1. The fourth-order valence-electron chi connectivity index (χ4n) is 2.53. The third kappa shape index (κ3) is 2.95. The summed E-state index contributed by atoms with van der Waals surface area (Å²) in [6.07, 6.45) is 3.23.